The van der Waals surface area contributed by atoms with Crippen LogP contribution in [0.1, 0.15) is 53.4 Å². The first kappa shape index (κ1) is 20.0. The number of hydrogen-bond donors (Lipinski definition) is 7. The van der Waals surface area contributed by atoms with Gasteiger partial charge >= 0.3 is 0 Å². The summed E-state index contributed by atoms with van der Waals surface area (Å²) >= 11 is 0. The van der Waals surface area contributed by atoms with Gasteiger partial charge in [-0.15, -0.1) is 0 Å². The van der Waals surface area contributed by atoms with Gasteiger partial charge in [-0.25, -0.2) is 0 Å². The maximum Gasteiger partial charge on any atom is 0.106 e. The molecule has 2 bridgehead atoms. The quantitative estimate of drug-likeness (QED) is 0.287. The Morgan fingerprint density at radius 2 is 1.41 bits per heavy atom. The van der Waals surface area contributed by atoms with Gasteiger partial charge in [0.15, 0.2) is 0 Å². The van der Waals surface area contributed by atoms with E-state index < -0.39 is 63.9 Å². The van der Waals surface area contributed by atoms with Crippen LogP contribution >= 0.6 is 0 Å². The van der Waals surface area contributed by atoms with Crippen LogP contribution in [-0.2, 0) is 0 Å². The molecule has 0 radical (unpaired) electrons. The van der Waals surface area contributed by atoms with Crippen molar-refractivity contribution < 1.29 is 35.7 Å². The predicted molar refractivity (Wildman–Crippen MR) is 95.4 cm³/mol. The molecule has 7 N–H and O–H groups in total. The second kappa shape index (κ2) is 5.25. The van der Waals surface area contributed by atoms with Crippen LogP contribution in [0.3, 0.4) is 0 Å². The molecule has 7 heteroatoms. The largest absolute Gasteiger partial charge is 0.392 e. The maximum atomic E-state index is 11.7. The summed E-state index contributed by atoms with van der Waals surface area (Å²) in [6, 6.07) is 0. The highest BCUT2D eigenvalue weighted by Gasteiger charge is 2.78. The zero-order chi connectivity index (χ0) is 20.4. The van der Waals surface area contributed by atoms with E-state index >= 15 is 0 Å². The summed E-state index contributed by atoms with van der Waals surface area (Å²) in [5, 5.41) is 78.0. The molecule has 4 saturated carbocycles. The molecular weight excluding hydrogens is 352 g/mol. The van der Waals surface area contributed by atoms with Crippen molar-refractivity contribution in [3.05, 3.63) is 0 Å². The van der Waals surface area contributed by atoms with Crippen LogP contribution in [0.15, 0.2) is 0 Å². The third kappa shape index (κ3) is 2.02. The van der Waals surface area contributed by atoms with E-state index in [-0.39, 0.29) is 18.8 Å². The molecule has 11 atom stereocenters. The molecule has 0 saturated heterocycles. The molecule has 0 aromatic rings. The molecule has 7 nitrogen and oxygen atoms in total. The average molecular weight is 386 g/mol. The number of fused-ring (bicyclic) bond motifs is 2. The molecule has 0 aliphatic heterocycles. The summed E-state index contributed by atoms with van der Waals surface area (Å²) in [5.74, 6) is -2.06. The minimum absolute atomic E-state index is 0.00248. The molecular formula is C20H34O7. The van der Waals surface area contributed by atoms with Gasteiger partial charge in [-0.2, -0.15) is 0 Å². The normalized spacial score (nSPS) is 64.8. The first-order chi connectivity index (χ1) is 12.2. The molecule has 0 amide bonds. The van der Waals surface area contributed by atoms with Gasteiger partial charge in [-0.3, -0.25) is 0 Å². The fraction of sp³-hybridized carbons (Fsp3) is 1.00. The summed E-state index contributed by atoms with van der Waals surface area (Å²) in [7, 11) is 0. The first-order valence-corrected chi connectivity index (χ1v) is 10.0. The molecule has 4 fully saturated rings. The van der Waals surface area contributed by atoms with Gasteiger partial charge in [-0.05, 0) is 45.4 Å². The van der Waals surface area contributed by atoms with Gasteiger partial charge < -0.3 is 35.7 Å². The number of aliphatic hydroxyl groups excluding tert-OH is 4. The zero-order valence-corrected chi connectivity index (χ0v) is 16.5. The summed E-state index contributed by atoms with van der Waals surface area (Å²) in [6.07, 6.45) is -3.78. The van der Waals surface area contributed by atoms with Crippen molar-refractivity contribution in [3.63, 3.8) is 0 Å². The van der Waals surface area contributed by atoms with Crippen molar-refractivity contribution in [1.82, 2.24) is 0 Å². The monoisotopic (exact) mass is 386 g/mol. The number of aliphatic hydroxyl groups is 7. The van der Waals surface area contributed by atoms with Crippen LogP contribution in [0.2, 0.25) is 0 Å². The van der Waals surface area contributed by atoms with Gasteiger partial charge in [-0.1, -0.05) is 13.8 Å². The van der Waals surface area contributed by atoms with E-state index in [1.165, 1.54) is 6.92 Å². The lowest BCUT2D eigenvalue weighted by atomic mass is 9.57. The second-order valence-electron chi connectivity index (χ2n) is 10.9. The summed E-state index contributed by atoms with van der Waals surface area (Å²) < 4.78 is 0. The van der Waals surface area contributed by atoms with Gasteiger partial charge in [0.25, 0.3) is 0 Å². The van der Waals surface area contributed by atoms with Crippen molar-refractivity contribution in [2.24, 2.45) is 28.6 Å². The lowest BCUT2D eigenvalue weighted by molar-refractivity contribution is -0.209. The van der Waals surface area contributed by atoms with E-state index in [0.29, 0.717) is 12.8 Å². The first-order valence-electron chi connectivity index (χ1n) is 10.0. The van der Waals surface area contributed by atoms with Crippen LogP contribution in [0.5, 0.6) is 0 Å². The van der Waals surface area contributed by atoms with Gasteiger partial charge in [0.2, 0.25) is 0 Å². The third-order valence-electron chi connectivity index (χ3n) is 9.24. The Hall–Kier alpha value is -0.280. The van der Waals surface area contributed by atoms with E-state index in [1.807, 2.05) is 0 Å². The Kier molecular flexibility index (Phi) is 3.89. The highest BCUT2D eigenvalue weighted by atomic mass is 16.4. The number of hydrogen-bond acceptors (Lipinski definition) is 7. The molecule has 4 aliphatic carbocycles. The molecule has 0 unspecified atom stereocenters. The molecule has 27 heavy (non-hydrogen) atoms. The van der Waals surface area contributed by atoms with E-state index in [2.05, 4.69) is 0 Å². The highest BCUT2D eigenvalue weighted by Crippen LogP contribution is 2.69. The molecule has 0 heterocycles. The lowest BCUT2D eigenvalue weighted by Gasteiger charge is -2.51. The van der Waals surface area contributed by atoms with E-state index in [4.69, 9.17) is 0 Å². The van der Waals surface area contributed by atoms with Gasteiger partial charge in [0, 0.05) is 22.7 Å². The van der Waals surface area contributed by atoms with Crippen molar-refractivity contribution in [3.8, 4) is 0 Å². The second-order valence-corrected chi connectivity index (χ2v) is 10.9. The van der Waals surface area contributed by atoms with Crippen molar-refractivity contribution >= 4 is 0 Å². The Morgan fingerprint density at radius 3 is 2.00 bits per heavy atom. The fourth-order valence-electron chi connectivity index (χ4n) is 7.95. The van der Waals surface area contributed by atoms with Crippen molar-refractivity contribution in [2.45, 2.75) is 94.6 Å². The van der Waals surface area contributed by atoms with Gasteiger partial charge in [0.05, 0.1) is 35.6 Å². The third-order valence-corrected chi connectivity index (χ3v) is 9.24. The van der Waals surface area contributed by atoms with E-state index in [0.717, 1.165) is 0 Å². The topological polar surface area (TPSA) is 142 Å². The Balaban J connectivity index is 1.92. The van der Waals surface area contributed by atoms with Crippen LogP contribution < -0.4 is 0 Å². The minimum Gasteiger partial charge on any atom is -0.392 e. The molecule has 1 spiro atoms. The molecule has 4 rings (SSSR count). The van der Waals surface area contributed by atoms with Crippen LogP contribution in [-0.4, -0.2) is 77.0 Å². The molecule has 4 aliphatic rings. The molecule has 0 aromatic carbocycles. The zero-order valence-electron chi connectivity index (χ0n) is 16.5. The fourth-order valence-corrected chi connectivity index (χ4v) is 7.95. The van der Waals surface area contributed by atoms with Crippen LogP contribution in [0, 0.1) is 28.6 Å². The maximum absolute atomic E-state index is 11.7. The molecule has 156 valence electrons. The van der Waals surface area contributed by atoms with Crippen molar-refractivity contribution in [2.75, 3.05) is 0 Å². The minimum atomic E-state index is -1.94. The smallest absolute Gasteiger partial charge is 0.106 e. The highest BCUT2D eigenvalue weighted by molar-refractivity contribution is 5.27. The summed E-state index contributed by atoms with van der Waals surface area (Å²) in [5.41, 5.74) is -6.94. The van der Waals surface area contributed by atoms with E-state index in [1.54, 1.807) is 20.8 Å². The summed E-state index contributed by atoms with van der Waals surface area (Å²) in [4.78, 5) is 0. The lowest BCUT2D eigenvalue weighted by Crippen LogP contribution is -2.62. The van der Waals surface area contributed by atoms with Crippen LogP contribution in [0.25, 0.3) is 0 Å². The van der Waals surface area contributed by atoms with Gasteiger partial charge in [0.1, 0.15) is 5.60 Å². The summed E-state index contributed by atoms with van der Waals surface area (Å²) in [6.45, 7) is 6.38. The SMILES string of the molecule is CC1(C)[C@@H](O)[C@H](O)[C@H]2[C@](C)(O)[C@@H]3CC[C@@H]4[C@@H](O)[C@@]3(C[C@@H](O)[C@@]21O)C[C@@]4(C)O. The Labute approximate surface area is 159 Å². The Bertz CT molecular complexity index is 646. The average Bonchev–Trinajstić information content (AvgIpc) is 2.71. The predicted octanol–water partition coefficient (Wildman–Crippen LogP) is -0.861. The molecule has 0 aromatic heterocycles. The standard InChI is InChI=1S/C20H34O7/c1-16(2)15(24)12(22)13-18(4,26)10-6-5-9-14(23)19(10,8-17(9,3)25)7-11(21)20(13,16)27/h9-15,21-27H,5-8H2,1-4H3/t9-,10+,11-,12-,13+,14-,15+,17-,18-,19+,20-/m1/s1. The number of rotatable bonds is 0. The van der Waals surface area contributed by atoms with E-state index in [9.17, 15) is 35.7 Å². The van der Waals surface area contributed by atoms with Crippen molar-refractivity contribution in [1.29, 1.82) is 0 Å². The van der Waals surface area contributed by atoms with Crippen LogP contribution in [0.4, 0.5) is 0 Å². The Morgan fingerprint density at radius 1 is 0.815 bits per heavy atom.